The number of benzene rings is 2. The van der Waals surface area contributed by atoms with Crippen molar-refractivity contribution in [3.63, 3.8) is 0 Å². The van der Waals surface area contributed by atoms with Crippen LogP contribution in [-0.4, -0.2) is 28.3 Å². The van der Waals surface area contributed by atoms with Crippen LogP contribution in [0.25, 0.3) is 11.3 Å². The molecule has 168 valence electrons. The van der Waals surface area contributed by atoms with Gasteiger partial charge in [0, 0.05) is 17.2 Å². The maximum absolute atomic E-state index is 13.5. The average molecular weight is 451 g/mol. The predicted molar refractivity (Wildman–Crippen MR) is 116 cm³/mol. The van der Waals surface area contributed by atoms with E-state index in [1.54, 1.807) is 19.1 Å². The summed E-state index contributed by atoms with van der Waals surface area (Å²) in [5.74, 6) is -1.32. The summed E-state index contributed by atoms with van der Waals surface area (Å²) in [4.78, 5) is 24.8. The smallest absolute Gasteiger partial charge is 0.338 e. The number of carbonyl (C=O) groups is 2. The SMILES string of the molecule is Cc1occc1-c1cc(NC(=O)c2cccc(F)c2)n(CCOC(=O)c2cccc(F)c2)n1. The Hall–Kier alpha value is -4.27. The van der Waals surface area contributed by atoms with Crippen LogP contribution in [0.1, 0.15) is 26.5 Å². The molecule has 2 aromatic carbocycles. The molecule has 0 saturated heterocycles. The summed E-state index contributed by atoms with van der Waals surface area (Å²) in [5.41, 5.74) is 1.49. The number of aromatic nitrogens is 2. The van der Waals surface area contributed by atoms with Gasteiger partial charge in [0.2, 0.25) is 0 Å². The van der Waals surface area contributed by atoms with Gasteiger partial charge in [0.1, 0.15) is 29.8 Å². The van der Waals surface area contributed by atoms with Crippen molar-refractivity contribution in [2.24, 2.45) is 0 Å². The van der Waals surface area contributed by atoms with Crippen LogP contribution in [0, 0.1) is 18.6 Å². The van der Waals surface area contributed by atoms with E-state index in [0.717, 1.165) is 17.7 Å². The summed E-state index contributed by atoms with van der Waals surface area (Å²) >= 11 is 0. The van der Waals surface area contributed by atoms with Crippen molar-refractivity contribution in [3.8, 4) is 11.3 Å². The number of nitrogens with one attached hydrogen (secondary N) is 1. The number of nitrogens with zero attached hydrogens (tertiary/aromatic N) is 2. The maximum Gasteiger partial charge on any atom is 0.338 e. The van der Waals surface area contributed by atoms with Crippen molar-refractivity contribution >= 4 is 17.7 Å². The molecule has 2 heterocycles. The lowest BCUT2D eigenvalue weighted by Gasteiger charge is -2.10. The molecule has 0 unspecified atom stereocenters. The summed E-state index contributed by atoms with van der Waals surface area (Å²) in [6, 6.07) is 13.9. The summed E-state index contributed by atoms with van der Waals surface area (Å²) in [6.45, 7) is 1.81. The molecule has 0 aliphatic carbocycles. The fourth-order valence-corrected chi connectivity index (χ4v) is 3.21. The maximum atomic E-state index is 13.5. The van der Waals surface area contributed by atoms with Gasteiger partial charge < -0.3 is 14.5 Å². The first-order chi connectivity index (χ1) is 15.9. The van der Waals surface area contributed by atoms with Gasteiger partial charge >= 0.3 is 5.97 Å². The Morgan fingerprint density at radius 3 is 2.39 bits per heavy atom. The molecule has 0 saturated carbocycles. The Balaban J connectivity index is 1.52. The first kappa shape index (κ1) is 21.9. The largest absolute Gasteiger partial charge is 0.469 e. The highest BCUT2D eigenvalue weighted by molar-refractivity contribution is 6.04. The standard InChI is InChI=1S/C24H19F2N3O4/c1-15-20(8-10-32-15)21-14-22(27-23(30)16-4-2-6-18(25)12-16)29(28-21)9-11-33-24(31)17-5-3-7-19(26)13-17/h2-8,10,12-14H,9,11H2,1H3,(H,27,30). The van der Waals surface area contributed by atoms with Crippen LogP contribution in [0.15, 0.2) is 71.3 Å². The summed E-state index contributed by atoms with van der Waals surface area (Å²) < 4.78 is 38.8. The van der Waals surface area contributed by atoms with Crippen LogP contribution < -0.4 is 5.32 Å². The minimum atomic E-state index is -0.682. The van der Waals surface area contributed by atoms with E-state index < -0.39 is 23.5 Å². The lowest BCUT2D eigenvalue weighted by Crippen LogP contribution is -2.18. The van der Waals surface area contributed by atoms with Crippen LogP contribution in [0.4, 0.5) is 14.6 Å². The molecule has 9 heteroatoms. The second-order valence-corrected chi connectivity index (χ2v) is 7.14. The van der Waals surface area contributed by atoms with Crippen LogP contribution in [-0.2, 0) is 11.3 Å². The third-order valence-corrected chi connectivity index (χ3v) is 4.84. The van der Waals surface area contributed by atoms with Crippen molar-refractivity contribution in [3.05, 3.63) is 95.4 Å². The molecule has 33 heavy (non-hydrogen) atoms. The average Bonchev–Trinajstić information content (AvgIpc) is 3.39. The van der Waals surface area contributed by atoms with Crippen molar-refractivity contribution in [1.29, 1.82) is 0 Å². The number of anilines is 1. The Labute approximate surface area is 187 Å². The molecule has 0 atom stereocenters. The van der Waals surface area contributed by atoms with E-state index >= 15 is 0 Å². The molecule has 2 aromatic heterocycles. The van der Waals surface area contributed by atoms with Gasteiger partial charge in [-0.2, -0.15) is 5.10 Å². The summed E-state index contributed by atoms with van der Waals surface area (Å²) in [7, 11) is 0. The number of esters is 1. The monoisotopic (exact) mass is 451 g/mol. The minimum absolute atomic E-state index is 0.0797. The van der Waals surface area contributed by atoms with E-state index in [1.165, 1.54) is 47.3 Å². The lowest BCUT2D eigenvalue weighted by atomic mass is 10.2. The molecule has 0 aliphatic rings. The molecule has 0 fully saturated rings. The first-order valence-corrected chi connectivity index (χ1v) is 10.0. The van der Waals surface area contributed by atoms with Gasteiger partial charge in [0.05, 0.1) is 24.1 Å². The molecule has 1 N–H and O–H groups in total. The topological polar surface area (TPSA) is 86.4 Å². The third kappa shape index (κ3) is 5.15. The zero-order valence-electron chi connectivity index (χ0n) is 17.5. The van der Waals surface area contributed by atoms with Crippen molar-refractivity contribution in [2.45, 2.75) is 13.5 Å². The molecular weight excluding hydrogens is 432 g/mol. The Morgan fingerprint density at radius 2 is 1.73 bits per heavy atom. The fourth-order valence-electron chi connectivity index (χ4n) is 3.21. The molecule has 4 rings (SSSR count). The van der Waals surface area contributed by atoms with Crippen LogP contribution in [0.2, 0.25) is 0 Å². The number of furan rings is 1. The molecule has 4 aromatic rings. The zero-order valence-corrected chi connectivity index (χ0v) is 17.5. The predicted octanol–water partition coefficient (Wildman–Crippen LogP) is 4.84. The Bertz CT molecular complexity index is 1310. The van der Waals surface area contributed by atoms with Gasteiger partial charge in [-0.3, -0.25) is 4.79 Å². The van der Waals surface area contributed by atoms with Crippen LogP contribution in [0.3, 0.4) is 0 Å². The third-order valence-electron chi connectivity index (χ3n) is 4.84. The van der Waals surface area contributed by atoms with Gasteiger partial charge in [-0.1, -0.05) is 12.1 Å². The van der Waals surface area contributed by atoms with Gasteiger partial charge in [0.15, 0.2) is 0 Å². The molecule has 0 aliphatic heterocycles. The Kier molecular flexibility index (Phi) is 6.30. The zero-order chi connectivity index (χ0) is 23.4. The van der Waals surface area contributed by atoms with Crippen molar-refractivity contribution in [2.75, 3.05) is 11.9 Å². The highest BCUT2D eigenvalue weighted by Gasteiger charge is 2.17. The highest BCUT2D eigenvalue weighted by atomic mass is 19.1. The van der Waals surface area contributed by atoms with Gasteiger partial charge in [-0.15, -0.1) is 0 Å². The molecule has 0 bridgehead atoms. The number of ether oxygens (including phenoxy) is 1. The number of aryl methyl sites for hydroxylation is 1. The van der Waals surface area contributed by atoms with Crippen molar-refractivity contribution < 1.29 is 27.5 Å². The number of amides is 1. The number of rotatable bonds is 7. The van der Waals surface area contributed by atoms with E-state index in [-0.39, 0.29) is 24.3 Å². The normalized spacial score (nSPS) is 10.8. The second kappa shape index (κ2) is 9.47. The van der Waals surface area contributed by atoms with E-state index in [9.17, 15) is 18.4 Å². The van der Waals surface area contributed by atoms with Gasteiger partial charge in [-0.25, -0.2) is 18.3 Å². The second-order valence-electron chi connectivity index (χ2n) is 7.14. The van der Waals surface area contributed by atoms with Crippen LogP contribution in [0.5, 0.6) is 0 Å². The van der Waals surface area contributed by atoms with E-state index in [4.69, 9.17) is 9.15 Å². The summed E-state index contributed by atoms with van der Waals surface area (Å²) in [5, 5.41) is 7.19. The van der Waals surface area contributed by atoms with Gasteiger partial charge in [-0.05, 0) is 49.4 Å². The van der Waals surface area contributed by atoms with Gasteiger partial charge in [0.25, 0.3) is 5.91 Å². The van der Waals surface area contributed by atoms with E-state index in [0.29, 0.717) is 17.3 Å². The molecule has 1 amide bonds. The van der Waals surface area contributed by atoms with Crippen LogP contribution >= 0.6 is 0 Å². The number of hydrogen-bond acceptors (Lipinski definition) is 5. The fraction of sp³-hybridized carbons (Fsp3) is 0.125. The molecule has 0 spiro atoms. The number of halogens is 2. The number of carbonyl (C=O) groups excluding carboxylic acids is 2. The van der Waals surface area contributed by atoms with E-state index in [1.807, 2.05) is 0 Å². The summed E-state index contributed by atoms with van der Waals surface area (Å²) in [6.07, 6.45) is 1.52. The first-order valence-electron chi connectivity index (χ1n) is 10.0. The van der Waals surface area contributed by atoms with E-state index in [2.05, 4.69) is 10.4 Å². The number of hydrogen-bond donors (Lipinski definition) is 1. The minimum Gasteiger partial charge on any atom is -0.469 e. The van der Waals surface area contributed by atoms with Crippen molar-refractivity contribution in [1.82, 2.24) is 9.78 Å². The highest BCUT2D eigenvalue weighted by Crippen LogP contribution is 2.26. The lowest BCUT2D eigenvalue weighted by molar-refractivity contribution is 0.0487. The molecular formula is C24H19F2N3O4. The quantitative estimate of drug-likeness (QED) is 0.407. The molecule has 0 radical (unpaired) electrons. The molecule has 7 nitrogen and oxygen atoms in total. The Morgan fingerprint density at radius 1 is 1.03 bits per heavy atom.